The van der Waals surface area contributed by atoms with Crippen molar-refractivity contribution in [3.05, 3.63) is 46.8 Å². The van der Waals surface area contributed by atoms with Gasteiger partial charge >= 0.3 is 6.09 Å². The molecular formula is C17H17N5O6. The molecule has 11 nitrogen and oxygen atoms in total. The summed E-state index contributed by atoms with van der Waals surface area (Å²) in [6.07, 6.45) is 2.15. The van der Waals surface area contributed by atoms with Gasteiger partial charge in [-0.15, -0.1) is 0 Å². The number of anilines is 1. The van der Waals surface area contributed by atoms with Crippen LogP contribution in [0.3, 0.4) is 0 Å². The van der Waals surface area contributed by atoms with Crippen molar-refractivity contribution in [3.63, 3.8) is 0 Å². The third-order valence-corrected chi connectivity index (χ3v) is 3.91. The fourth-order valence-electron chi connectivity index (χ4n) is 2.56. The lowest BCUT2D eigenvalue weighted by atomic mass is 10.3. The Morgan fingerprint density at radius 3 is 2.64 bits per heavy atom. The van der Waals surface area contributed by atoms with Crippen molar-refractivity contribution in [2.24, 2.45) is 0 Å². The lowest BCUT2D eigenvalue weighted by molar-refractivity contribution is -0.384. The third-order valence-electron chi connectivity index (χ3n) is 3.91. The molecule has 146 valence electrons. The summed E-state index contributed by atoms with van der Waals surface area (Å²) < 4.78 is 10.4. The maximum absolute atomic E-state index is 12.4. The van der Waals surface area contributed by atoms with E-state index in [4.69, 9.17) is 9.47 Å². The zero-order valence-corrected chi connectivity index (χ0v) is 15.0. The number of amides is 2. The predicted octanol–water partition coefficient (Wildman–Crippen LogP) is 1.63. The van der Waals surface area contributed by atoms with E-state index in [2.05, 4.69) is 9.97 Å². The van der Waals surface area contributed by atoms with E-state index in [0.717, 1.165) is 4.90 Å². The number of carbonyl (C=O) groups excluding carboxylic acids is 2. The van der Waals surface area contributed by atoms with Gasteiger partial charge in [0.05, 0.1) is 30.5 Å². The Labute approximate surface area is 159 Å². The molecule has 0 N–H and O–H groups in total. The van der Waals surface area contributed by atoms with Gasteiger partial charge in [0, 0.05) is 25.2 Å². The molecule has 1 aliphatic heterocycles. The summed E-state index contributed by atoms with van der Waals surface area (Å²) in [5.74, 6) is 0.484. The number of nitro benzene ring substituents is 1. The summed E-state index contributed by atoms with van der Waals surface area (Å²) in [4.78, 5) is 45.7. The number of carbonyl (C=O) groups is 2. The fraction of sp³-hybridized carbons (Fsp3) is 0.294. The van der Waals surface area contributed by atoms with E-state index in [1.54, 1.807) is 4.90 Å². The second-order valence-electron chi connectivity index (χ2n) is 5.73. The Hall–Kier alpha value is -3.76. The number of piperazine rings is 1. The summed E-state index contributed by atoms with van der Waals surface area (Å²) in [6, 6.07) is 5.02. The van der Waals surface area contributed by atoms with Crippen LogP contribution in [-0.4, -0.2) is 58.0 Å². The normalized spacial score (nSPS) is 14.0. The molecule has 1 aliphatic rings. The van der Waals surface area contributed by atoms with Crippen LogP contribution in [0.4, 0.5) is 16.3 Å². The number of nitro groups is 1. The van der Waals surface area contributed by atoms with Crippen molar-refractivity contribution in [2.45, 2.75) is 6.92 Å². The van der Waals surface area contributed by atoms with Crippen LogP contribution < -0.4 is 14.4 Å². The number of non-ortho nitro benzene ring substituents is 1. The highest BCUT2D eigenvalue weighted by Crippen LogP contribution is 2.20. The molecular weight excluding hydrogens is 370 g/mol. The lowest BCUT2D eigenvalue weighted by Crippen LogP contribution is -2.53. The quantitative estimate of drug-likeness (QED) is 0.555. The van der Waals surface area contributed by atoms with Gasteiger partial charge in [0.2, 0.25) is 5.88 Å². The fourth-order valence-corrected chi connectivity index (χ4v) is 2.56. The average molecular weight is 387 g/mol. The van der Waals surface area contributed by atoms with E-state index in [-0.39, 0.29) is 24.5 Å². The van der Waals surface area contributed by atoms with Gasteiger partial charge < -0.3 is 14.4 Å². The van der Waals surface area contributed by atoms with Gasteiger partial charge in [0.15, 0.2) is 5.82 Å². The number of hydrogen-bond acceptors (Lipinski definition) is 9. The van der Waals surface area contributed by atoms with Gasteiger partial charge in [-0.3, -0.25) is 19.9 Å². The van der Waals surface area contributed by atoms with Gasteiger partial charge in [0.1, 0.15) is 5.75 Å². The van der Waals surface area contributed by atoms with E-state index in [1.807, 2.05) is 6.92 Å². The summed E-state index contributed by atoms with van der Waals surface area (Å²) in [7, 11) is 0. The molecule has 1 aromatic carbocycles. The number of nitrogens with zero attached hydrogens (tertiary/aromatic N) is 5. The highest BCUT2D eigenvalue weighted by molar-refractivity contribution is 5.96. The SMILES string of the molecule is CCOc1cncc(N2CCN(C(=O)Oc3ccc([N+](=O)[O-])cc3)C(=O)C2)n1. The Morgan fingerprint density at radius 1 is 1.25 bits per heavy atom. The standard InChI is InChI=1S/C17H17N5O6/c1-2-27-15-10-18-9-14(19-15)20-7-8-21(16(23)11-20)17(24)28-13-5-3-12(4-6-13)22(25)26/h3-6,9-10H,2,7-8,11H2,1H3. The molecule has 1 saturated heterocycles. The van der Waals surface area contributed by atoms with Gasteiger partial charge in [-0.05, 0) is 19.1 Å². The number of ether oxygens (including phenoxy) is 2. The van der Waals surface area contributed by atoms with Crippen LogP contribution in [0.1, 0.15) is 6.92 Å². The average Bonchev–Trinajstić information content (AvgIpc) is 2.68. The molecule has 1 fully saturated rings. The smallest absolute Gasteiger partial charge is 0.422 e. The van der Waals surface area contributed by atoms with E-state index in [0.29, 0.717) is 24.8 Å². The third kappa shape index (κ3) is 4.31. The highest BCUT2D eigenvalue weighted by Gasteiger charge is 2.31. The van der Waals surface area contributed by atoms with Crippen molar-refractivity contribution in [1.29, 1.82) is 0 Å². The van der Waals surface area contributed by atoms with Gasteiger partial charge in [-0.25, -0.2) is 9.69 Å². The molecule has 1 aromatic heterocycles. The molecule has 2 aromatic rings. The van der Waals surface area contributed by atoms with Crippen molar-refractivity contribution >= 4 is 23.5 Å². The molecule has 2 amide bonds. The van der Waals surface area contributed by atoms with Crippen LogP contribution in [-0.2, 0) is 4.79 Å². The second kappa shape index (κ2) is 8.29. The van der Waals surface area contributed by atoms with Crippen LogP contribution in [0.25, 0.3) is 0 Å². The maximum atomic E-state index is 12.4. The van der Waals surface area contributed by atoms with Crippen LogP contribution in [0, 0.1) is 10.1 Å². The number of hydrogen-bond donors (Lipinski definition) is 0. The molecule has 0 unspecified atom stereocenters. The lowest BCUT2D eigenvalue weighted by Gasteiger charge is -2.32. The second-order valence-corrected chi connectivity index (χ2v) is 5.73. The number of benzene rings is 1. The van der Waals surface area contributed by atoms with E-state index in [9.17, 15) is 19.7 Å². The first-order valence-corrected chi connectivity index (χ1v) is 8.44. The zero-order chi connectivity index (χ0) is 20.1. The summed E-state index contributed by atoms with van der Waals surface area (Å²) in [6.45, 7) is 2.66. The molecule has 0 atom stereocenters. The first-order valence-electron chi connectivity index (χ1n) is 8.44. The Morgan fingerprint density at radius 2 is 2.00 bits per heavy atom. The molecule has 3 rings (SSSR count). The van der Waals surface area contributed by atoms with Gasteiger partial charge in [0.25, 0.3) is 11.6 Å². The monoisotopic (exact) mass is 387 g/mol. The first kappa shape index (κ1) is 19.0. The molecule has 0 bridgehead atoms. The Balaban J connectivity index is 1.61. The molecule has 0 aliphatic carbocycles. The molecule has 28 heavy (non-hydrogen) atoms. The highest BCUT2D eigenvalue weighted by atomic mass is 16.6. The number of aromatic nitrogens is 2. The summed E-state index contributed by atoms with van der Waals surface area (Å²) in [5.41, 5.74) is -0.125. The molecule has 0 spiro atoms. The molecule has 0 radical (unpaired) electrons. The van der Waals surface area contributed by atoms with E-state index >= 15 is 0 Å². The maximum Gasteiger partial charge on any atom is 0.422 e. The van der Waals surface area contributed by atoms with E-state index in [1.165, 1.54) is 36.7 Å². The minimum absolute atomic E-state index is 0.0698. The molecule has 11 heteroatoms. The summed E-state index contributed by atoms with van der Waals surface area (Å²) >= 11 is 0. The minimum Gasteiger partial charge on any atom is -0.477 e. The number of imide groups is 1. The van der Waals surface area contributed by atoms with Crippen molar-refractivity contribution in [3.8, 4) is 11.6 Å². The van der Waals surface area contributed by atoms with E-state index < -0.39 is 16.9 Å². The number of rotatable bonds is 5. The summed E-state index contributed by atoms with van der Waals surface area (Å²) in [5, 5.41) is 10.7. The Bertz CT molecular complexity index is 888. The van der Waals surface area contributed by atoms with Crippen LogP contribution in [0.2, 0.25) is 0 Å². The van der Waals surface area contributed by atoms with Crippen molar-refractivity contribution in [1.82, 2.24) is 14.9 Å². The van der Waals surface area contributed by atoms with Crippen LogP contribution in [0.15, 0.2) is 36.7 Å². The Kier molecular flexibility index (Phi) is 5.63. The van der Waals surface area contributed by atoms with Crippen LogP contribution in [0.5, 0.6) is 11.6 Å². The van der Waals surface area contributed by atoms with Gasteiger partial charge in [-0.1, -0.05) is 0 Å². The largest absolute Gasteiger partial charge is 0.477 e. The minimum atomic E-state index is -0.840. The predicted molar refractivity (Wildman–Crippen MR) is 96.2 cm³/mol. The zero-order valence-electron chi connectivity index (χ0n) is 15.0. The first-order chi connectivity index (χ1) is 13.5. The van der Waals surface area contributed by atoms with Crippen molar-refractivity contribution < 1.29 is 24.0 Å². The van der Waals surface area contributed by atoms with Crippen LogP contribution >= 0.6 is 0 Å². The van der Waals surface area contributed by atoms with Crippen molar-refractivity contribution in [2.75, 3.05) is 31.1 Å². The topological polar surface area (TPSA) is 128 Å². The van der Waals surface area contributed by atoms with Gasteiger partial charge in [-0.2, -0.15) is 4.98 Å². The molecule has 0 saturated carbocycles. The molecule has 2 heterocycles.